The van der Waals surface area contributed by atoms with Crippen molar-refractivity contribution in [3.63, 3.8) is 0 Å². The topological polar surface area (TPSA) is 50.4 Å². The van der Waals surface area contributed by atoms with Crippen molar-refractivity contribution in [1.82, 2.24) is 14.8 Å². The molecule has 0 unspecified atom stereocenters. The van der Waals surface area contributed by atoms with Crippen molar-refractivity contribution in [1.29, 1.82) is 0 Å². The van der Waals surface area contributed by atoms with Crippen LogP contribution in [0, 0.1) is 0 Å². The third kappa shape index (κ3) is 2.72. The van der Waals surface area contributed by atoms with Crippen LogP contribution < -0.4 is 11.1 Å². The zero-order chi connectivity index (χ0) is 13.1. The third-order valence-electron chi connectivity index (χ3n) is 3.65. The highest BCUT2D eigenvalue weighted by Gasteiger charge is 2.12. The van der Waals surface area contributed by atoms with Gasteiger partial charge in [-0.15, -0.1) is 0 Å². The number of oxazole rings is 1. The highest BCUT2D eigenvalue weighted by molar-refractivity contribution is 5.72. The zero-order valence-corrected chi connectivity index (χ0v) is 11.0. The molecule has 0 spiro atoms. The number of hydrogen-bond acceptors (Lipinski definition) is 4. The van der Waals surface area contributed by atoms with Crippen molar-refractivity contribution in [2.45, 2.75) is 13.0 Å². The average Bonchev–Trinajstić information content (AvgIpc) is 2.61. The van der Waals surface area contributed by atoms with Gasteiger partial charge in [-0.05, 0) is 31.6 Å². The Kier molecular flexibility index (Phi) is 3.66. The lowest BCUT2D eigenvalue weighted by Gasteiger charge is -2.19. The molecule has 0 aliphatic carbocycles. The fourth-order valence-electron chi connectivity index (χ4n) is 2.59. The van der Waals surface area contributed by atoms with Gasteiger partial charge in [-0.1, -0.05) is 12.1 Å². The molecule has 0 amide bonds. The second-order valence-corrected chi connectivity index (χ2v) is 4.93. The van der Waals surface area contributed by atoms with Crippen LogP contribution in [0.3, 0.4) is 0 Å². The SMILES string of the molecule is O=c1oc2ccccc2n1CCN1CCCNCC1. The molecule has 1 aromatic heterocycles. The van der Waals surface area contributed by atoms with E-state index in [2.05, 4.69) is 10.2 Å². The van der Waals surface area contributed by atoms with Crippen LogP contribution in [0.4, 0.5) is 0 Å². The summed E-state index contributed by atoms with van der Waals surface area (Å²) in [7, 11) is 0. The quantitative estimate of drug-likeness (QED) is 0.891. The summed E-state index contributed by atoms with van der Waals surface area (Å²) in [4.78, 5) is 14.2. The molecule has 5 nitrogen and oxygen atoms in total. The Morgan fingerprint density at radius 2 is 2.05 bits per heavy atom. The maximum atomic E-state index is 11.8. The molecule has 3 rings (SSSR count). The fourth-order valence-corrected chi connectivity index (χ4v) is 2.59. The molecule has 19 heavy (non-hydrogen) atoms. The van der Waals surface area contributed by atoms with Crippen LogP contribution in [0.5, 0.6) is 0 Å². The fraction of sp³-hybridized carbons (Fsp3) is 0.500. The van der Waals surface area contributed by atoms with Gasteiger partial charge < -0.3 is 14.6 Å². The van der Waals surface area contributed by atoms with Crippen molar-refractivity contribution in [3.8, 4) is 0 Å². The van der Waals surface area contributed by atoms with E-state index in [0.29, 0.717) is 12.1 Å². The average molecular weight is 261 g/mol. The number of para-hydroxylation sites is 2. The standard InChI is InChI=1S/C14H19N3O2/c18-14-17(12-4-1-2-5-13(12)19-14)11-10-16-8-3-6-15-7-9-16/h1-2,4-5,15H,3,6-11H2. The van der Waals surface area contributed by atoms with E-state index in [4.69, 9.17) is 4.42 Å². The second kappa shape index (κ2) is 5.59. The Morgan fingerprint density at radius 1 is 1.16 bits per heavy atom. The number of nitrogens with one attached hydrogen (secondary N) is 1. The number of benzene rings is 1. The van der Waals surface area contributed by atoms with E-state index in [-0.39, 0.29) is 5.76 Å². The first kappa shape index (κ1) is 12.4. The van der Waals surface area contributed by atoms with E-state index in [0.717, 1.165) is 38.2 Å². The number of nitrogens with zero attached hydrogens (tertiary/aromatic N) is 2. The van der Waals surface area contributed by atoms with Crippen LogP contribution >= 0.6 is 0 Å². The molecule has 0 bridgehead atoms. The molecule has 1 aliphatic heterocycles. The lowest BCUT2D eigenvalue weighted by Crippen LogP contribution is -2.32. The molecule has 1 fully saturated rings. The summed E-state index contributed by atoms with van der Waals surface area (Å²) >= 11 is 0. The first-order chi connectivity index (χ1) is 9.34. The molecule has 0 atom stereocenters. The Bertz CT molecular complexity index is 594. The smallest absolute Gasteiger partial charge is 0.408 e. The monoisotopic (exact) mass is 261 g/mol. The van der Waals surface area contributed by atoms with Crippen LogP contribution in [0.25, 0.3) is 11.1 Å². The third-order valence-corrected chi connectivity index (χ3v) is 3.65. The molecule has 1 aromatic carbocycles. The van der Waals surface area contributed by atoms with Crippen molar-refractivity contribution >= 4 is 11.1 Å². The Labute approximate surface area is 111 Å². The predicted molar refractivity (Wildman–Crippen MR) is 74.4 cm³/mol. The summed E-state index contributed by atoms with van der Waals surface area (Å²) in [6.07, 6.45) is 1.17. The lowest BCUT2D eigenvalue weighted by atomic mass is 10.3. The molecule has 2 heterocycles. The highest BCUT2D eigenvalue weighted by Crippen LogP contribution is 2.11. The van der Waals surface area contributed by atoms with E-state index in [1.54, 1.807) is 4.57 Å². The largest absolute Gasteiger partial charge is 0.419 e. The van der Waals surface area contributed by atoms with E-state index in [9.17, 15) is 4.79 Å². The molecule has 102 valence electrons. The van der Waals surface area contributed by atoms with Gasteiger partial charge in [0.2, 0.25) is 0 Å². The van der Waals surface area contributed by atoms with Crippen LogP contribution in [0.15, 0.2) is 33.5 Å². The van der Waals surface area contributed by atoms with E-state index >= 15 is 0 Å². The van der Waals surface area contributed by atoms with Gasteiger partial charge in [0.15, 0.2) is 5.58 Å². The molecule has 2 aromatic rings. The normalized spacial score (nSPS) is 17.7. The zero-order valence-electron chi connectivity index (χ0n) is 11.0. The minimum atomic E-state index is -0.255. The number of rotatable bonds is 3. The van der Waals surface area contributed by atoms with Gasteiger partial charge in [-0.3, -0.25) is 4.57 Å². The number of aromatic nitrogens is 1. The Balaban J connectivity index is 1.74. The van der Waals surface area contributed by atoms with Crippen LogP contribution in [-0.4, -0.2) is 42.2 Å². The summed E-state index contributed by atoms with van der Waals surface area (Å²) in [6, 6.07) is 7.59. The van der Waals surface area contributed by atoms with E-state index < -0.39 is 0 Å². The Hall–Kier alpha value is -1.59. The molecule has 1 N–H and O–H groups in total. The van der Waals surface area contributed by atoms with Crippen molar-refractivity contribution < 1.29 is 4.42 Å². The second-order valence-electron chi connectivity index (χ2n) is 4.93. The van der Waals surface area contributed by atoms with Gasteiger partial charge >= 0.3 is 5.76 Å². The first-order valence-electron chi connectivity index (χ1n) is 6.86. The van der Waals surface area contributed by atoms with Gasteiger partial charge in [0.05, 0.1) is 5.52 Å². The molecule has 0 saturated carbocycles. The summed E-state index contributed by atoms with van der Waals surface area (Å²) in [5.74, 6) is -0.255. The van der Waals surface area contributed by atoms with Crippen LogP contribution in [0.1, 0.15) is 6.42 Å². The summed E-state index contributed by atoms with van der Waals surface area (Å²) in [5.41, 5.74) is 1.56. The van der Waals surface area contributed by atoms with E-state index in [1.807, 2.05) is 24.3 Å². The summed E-state index contributed by atoms with van der Waals surface area (Å²) in [5, 5.41) is 3.38. The maximum absolute atomic E-state index is 11.8. The van der Waals surface area contributed by atoms with E-state index in [1.165, 1.54) is 6.42 Å². The molecule has 0 radical (unpaired) electrons. The summed E-state index contributed by atoms with van der Waals surface area (Å²) < 4.78 is 6.97. The maximum Gasteiger partial charge on any atom is 0.419 e. The molecule has 5 heteroatoms. The molecule has 1 aliphatic rings. The minimum Gasteiger partial charge on any atom is -0.408 e. The van der Waals surface area contributed by atoms with Gasteiger partial charge in [0.25, 0.3) is 0 Å². The highest BCUT2D eigenvalue weighted by atomic mass is 16.4. The van der Waals surface area contributed by atoms with Gasteiger partial charge in [-0.25, -0.2) is 4.79 Å². The summed E-state index contributed by atoms with van der Waals surface area (Å²) in [6.45, 7) is 5.84. The van der Waals surface area contributed by atoms with Crippen molar-refractivity contribution in [3.05, 3.63) is 34.8 Å². The molecular formula is C14H19N3O2. The molecular weight excluding hydrogens is 242 g/mol. The molecule has 1 saturated heterocycles. The van der Waals surface area contributed by atoms with Gasteiger partial charge in [-0.2, -0.15) is 0 Å². The first-order valence-corrected chi connectivity index (χ1v) is 6.86. The van der Waals surface area contributed by atoms with Gasteiger partial charge in [0.1, 0.15) is 0 Å². The van der Waals surface area contributed by atoms with Gasteiger partial charge in [0, 0.05) is 26.2 Å². The van der Waals surface area contributed by atoms with Crippen molar-refractivity contribution in [2.75, 3.05) is 32.7 Å². The van der Waals surface area contributed by atoms with Crippen LogP contribution in [-0.2, 0) is 6.54 Å². The van der Waals surface area contributed by atoms with Crippen LogP contribution in [0.2, 0.25) is 0 Å². The predicted octanol–water partition coefficient (Wildman–Crippen LogP) is 0.890. The lowest BCUT2D eigenvalue weighted by molar-refractivity contribution is 0.277. The number of hydrogen-bond donors (Lipinski definition) is 1. The Morgan fingerprint density at radius 3 is 3.00 bits per heavy atom. The van der Waals surface area contributed by atoms with Crippen molar-refractivity contribution in [2.24, 2.45) is 0 Å². The number of fused-ring (bicyclic) bond motifs is 1. The minimum absolute atomic E-state index is 0.255.